The smallest absolute Gasteiger partial charge is 0.407 e. The highest BCUT2D eigenvalue weighted by molar-refractivity contribution is 6.87. The van der Waals surface area contributed by atoms with Gasteiger partial charge in [0.2, 0.25) is 0 Å². The number of nitrogens with one attached hydrogen (secondary N) is 2. The van der Waals surface area contributed by atoms with E-state index in [-0.39, 0.29) is 72.6 Å². The van der Waals surface area contributed by atoms with E-state index in [1.807, 2.05) is 0 Å². The number of alkyl carbamates (subject to hydrolysis) is 2. The van der Waals surface area contributed by atoms with Gasteiger partial charge in [-0.15, -0.1) is 0 Å². The molecule has 0 aromatic heterocycles. The predicted molar refractivity (Wildman–Crippen MR) is 250 cm³/mol. The molecule has 5 atom stereocenters. The first-order valence-corrected chi connectivity index (χ1v) is 32.1. The number of hydrogen-bond acceptors (Lipinski definition) is 13. The van der Waals surface area contributed by atoms with Crippen LogP contribution in [0.4, 0.5) is 9.59 Å². The van der Waals surface area contributed by atoms with E-state index < -0.39 is 55.4 Å². The second-order valence-electron chi connectivity index (χ2n) is 22.3. The number of amides is 2. The molecular formula is C45H84N2O13Si3. The highest BCUT2D eigenvalue weighted by Crippen LogP contribution is 2.49. The third kappa shape index (κ3) is 23.8. The maximum atomic E-state index is 13.6. The minimum Gasteiger partial charge on any atom is -0.469 e. The number of carbonyl (C=O) groups is 5. The first-order chi connectivity index (χ1) is 28.9. The van der Waals surface area contributed by atoms with Gasteiger partial charge in [0.15, 0.2) is 22.7 Å². The molecule has 15 nitrogen and oxygen atoms in total. The monoisotopic (exact) mass is 945 g/mol. The Morgan fingerprint density at radius 2 is 1.14 bits per heavy atom. The zero-order chi connectivity index (χ0) is 47.9. The Bertz CT molecular complexity index is 1520. The minimum absolute atomic E-state index is 0.0360. The summed E-state index contributed by atoms with van der Waals surface area (Å²) in [6.45, 7) is 31.5. The molecule has 0 heterocycles. The normalized spacial score (nSPS) is 24.0. The van der Waals surface area contributed by atoms with Crippen LogP contribution < -0.4 is 10.6 Å². The number of rotatable bonds is 25. The van der Waals surface area contributed by atoms with Crippen LogP contribution in [0.1, 0.15) is 112 Å². The van der Waals surface area contributed by atoms with Crippen LogP contribution in [0, 0.1) is 21.7 Å². The zero-order valence-electron chi connectivity index (χ0n) is 41.3. The zero-order valence-corrected chi connectivity index (χ0v) is 44.3. The van der Waals surface area contributed by atoms with Crippen LogP contribution in [0.3, 0.4) is 0 Å². The van der Waals surface area contributed by atoms with Crippen LogP contribution in [0.25, 0.3) is 0 Å². The Labute approximate surface area is 382 Å². The maximum Gasteiger partial charge on any atom is 0.407 e. The summed E-state index contributed by atoms with van der Waals surface area (Å²) < 4.78 is 46.1. The van der Waals surface area contributed by atoms with Crippen LogP contribution in [0.5, 0.6) is 0 Å². The molecule has 2 aliphatic rings. The first kappa shape index (κ1) is 56.4. The molecule has 0 aliphatic heterocycles. The second kappa shape index (κ2) is 24.1. The van der Waals surface area contributed by atoms with Crippen molar-refractivity contribution in [2.75, 3.05) is 40.1 Å². The molecule has 18 heteroatoms. The Kier molecular flexibility index (Phi) is 21.6. The van der Waals surface area contributed by atoms with Crippen molar-refractivity contribution >= 4 is 55.3 Å². The van der Waals surface area contributed by atoms with E-state index in [4.69, 9.17) is 36.7 Å². The van der Waals surface area contributed by atoms with Gasteiger partial charge in [-0.2, -0.15) is 0 Å². The van der Waals surface area contributed by atoms with E-state index in [2.05, 4.69) is 105 Å². The van der Waals surface area contributed by atoms with Gasteiger partial charge < -0.3 is 47.3 Å². The molecule has 2 aliphatic carbocycles. The third-order valence-electron chi connectivity index (χ3n) is 11.3. The third-order valence-corrected chi connectivity index (χ3v) is 20.9. The van der Waals surface area contributed by atoms with E-state index in [1.165, 1.54) is 7.11 Å². The summed E-state index contributed by atoms with van der Waals surface area (Å²) in [5, 5.41) is 6.01. The molecule has 2 amide bonds. The summed E-state index contributed by atoms with van der Waals surface area (Å²) in [4.78, 5) is 62.8. The second-order valence-corrected chi connectivity index (χ2v) is 35.2. The summed E-state index contributed by atoms with van der Waals surface area (Å²) in [5.74, 6) is -1.27. The molecule has 0 aromatic rings. The standard InChI is InChI=1S/C45H84N2O13Si3/c1-16-37(48)55-23-24-56-40(51)46-34-26-42(2,3)33-45(7,28-34)21-19-39(50)58-36(30-54-22-17-25-63(15,59-61(9,10)11)60-62(12,13)14)31-57-41(52)47-35-27-43(4,5)32-44(6,29-35)20-18-38(49)53-8/h16,34-36H,1,17-33H2,2-15H3,(H,46,51)(H,47,52). The van der Waals surface area contributed by atoms with Gasteiger partial charge in [-0.3, -0.25) is 9.59 Å². The average molecular weight is 945 g/mol. The molecule has 0 spiro atoms. The Morgan fingerprint density at radius 1 is 0.667 bits per heavy atom. The molecule has 0 bridgehead atoms. The van der Waals surface area contributed by atoms with Crippen LogP contribution in [0.15, 0.2) is 12.7 Å². The summed E-state index contributed by atoms with van der Waals surface area (Å²) >= 11 is 0. The SMILES string of the molecule is C=CC(=O)OCCOC(=O)NC1CC(C)(C)CC(C)(CCC(=O)OC(COCCC[Si](C)(O[Si](C)(C)C)O[Si](C)(C)C)COC(=O)NC2CC(C)(C)CC(C)(CCC(=O)OC)C2)C1. The fraction of sp³-hybridized carbons (Fsp3) is 0.844. The van der Waals surface area contributed by atoms with Crippen molar-refractivity contribution in [2.24, 2.45) is 21.7 Å². The fourth-order valence-corrected chi connectivity index (χ4v) is 22.7. The largest absolute Gasteiger partial charge is 0.469 e. The van der Waals surface area contributed by atoms with Crippen molar-refractivity contribution < 1.29 is 60.6 Å². The average Bonchev–Trinajstić information content (AvgIpc) is 3.10. The van der Waals surface area contributed by atoms with Crippen molar-refractivity contribution in [2.45, 2.75) is 182 Å². The van der Waals surface area contributed by atoms with Crippen molar-refractivity contribution in [3.63, 3.8) is 0 Å². The summed E-state index contributed by atoms with van der Waals surface area (Å²) in [6.07, 6.45) is 5.84. The van der Waals surface area contributed by atoms with Gasteiger partial charge in [-0.1, -0.05) is 48.1 Å². The van der Waals surface area contributed by atoms with E-state index >= 15 is 0 Å². The van der Waals surface area contributed by atoms with E-state index in [0.717, 1.165) is 37.8 Å². The highest BCUT2D eigenvalue weighted by atomic mass is 28.5. The lowest BCUT2D eigenvalue weighted by atomic mass is 9.61. The van der Waals surface area contributed by atoms with Crippen LogP contribution in [-0.4, -0.2) is 114 Å². The molecule has 0 aromatic carbocycles. The van der Waals surface area contributed by atoms with Gasteiger partial charge in [-0.05, 0) is 131 Å². The quantitative estimate of drug-likeness (QED) is 0.0291. The van der Waals surface area contributed by atoms with E-state index in [0.29, 0.717) is 45.1 Å². The Hall–Kier alpha value is -2.78. The minimum atomic E-state index is -2.47. The van der Waals surface area contributed by atoms with Gasteiger partial charge in [-0.25, -0.2) is 14.4 Å². The number of carbonyl (C=O) groups excluding carboxylic acids is 5. The van der Waals surface area contributed by atoms with Gasteiger partial charge in [0, 0.05) is 37.6 Å². The first-order valence-electron chi connectivity index (χ1n) is 22.8. The molecule has 2 saturated carbocycles. The highest BCUT2D eigenvalue weighted by Gasteiger charge is 2.44. The van der Waals surface area contributed by atoms with E-state index in [9.17, 15) is 24.0 Å². The number of hydrogen-bond donors (Lipinski definition) is 2. The fourth-order valence-electron chi connectivity index (χ4n) is 10.2. The molecule has 63 heavy (non-hydrogen) atoms. The molecule has 0 radical (unpaired) electrons. The Balaban J connectivity index is 2.10. The van der Waals surface area contributed by atoms with Crippen molar-refractivity contribution in [3.05, 3.63) is 12.7 Å². The molecule has 2 fully saturated rings. The van der Waals surface area contributed by atoms with Gasteiger partial charge in [0.1, 0.15) is 19.8 Å². The van der Waals surface area contributed by atoms with Crippen molar-refractivity contribution in [1.82, 2.24) is 10.6 Å². The molecule has 2 N–H and O–H groups in total. The predicted octanol–water partition coefficient (Wildman–Crippen LogP) is 9.16. The number of esters is 3. The summed E-state index contributed by atoms with van der Waals surface area (Å²) in [6, 6.07) is 0.400. The molecule has 0 saturated heterocycles. The molecule has 2 rings (SSSR count). The Morgan fingerprint density at radius 3 is 1.62 bits per heavy atom. The van der Waals surface area contributed by atoms with Crippen LogP contribution in [0.2, 0.25) is 51.9 Å². The lowest BCUT2D eigenvalue weighted by molar-refractivity contribution is -0.156. The van der Waals surface area contributed by atoms with Gasteiger partial charge >= 0.3 is 38.7 Å². The molecule has 5 unspecified atom stereocenters. The van der Waals surface area contributed by atoms with E-state index in [1.54, 1.807) is 0 Å². The molecular weight excluding hydrogens is 861 g/mol. The maximum absolute atomic E-state index is 13.6. The number of ether oxygens (including phenoxy) is 6. The topological polar surface area (TPSA) is 183 Å². The molecule has 364 valence electrons. The summed E-state index contributed by atoms with van der Waals surface area (Å²) in [5.41, 5.74) is -0.672. The van der Waals surface area contributed by atoms with Gasteiger partial charge in [0.25, 0.3) is 0 Å². The summed E-state index contributed by atoms with van der Waals surface area (Å²) in [7, 11) is -4.82. The lowest BCUT2D eigenvalue weighted by Gasteiger charge is -2.46. The van der Waals surface area contributed by atoms with Crippen molar-refractivity contribution in [1.29, 1.82) is 0 Å². The lowest BCUT2D eigenvalue weighted by Crippen LogP contribution is -2.52. The van der Waals surface area contributed by atoms with Gasteiger partial charge in [0.05, 0.1) is 13.7 Å². The van der Waals surface area contributed by atoms with Crippen LogP contribution in [-0.2, 0) is 51.0 Å². The number of methoxy groups -OCH3 is 1. The van der Waals surface area contributed by atoms with Crippen LogP contribution >= 0.6 is 0 Å². The van der Waals surface area contributed by atoms with Crippen molar-refractivity contribution in [3.8, 4) is 0 Å².